The lowest BCUT2D eigenvalue weighted by molar-refractivity contribution is -0.141. The predicted octanol–water partition coefficient (Wildman–Crippen LogP) is -0.767. The molecule has 0 unspecified atom stereocenters. The topological polar surface area (TPSA) is 110 Å². The molecule has 0 rings (SSSR count). The second kappa shape index (κ2) is 5.83. The van der Waals surface area contributed by atoms with Gasteiger partial charge in [-0.3, -0.25) is 0 Å². The van der Waals surface area contributed by atoms with Gasteiger partial charge in [0.05, 0.1) is 18.2 Å². The van der Waals surface area contributed by atoms with Crippen molar-refractivity contribution in [3.05, 3.63) is 0 Å². The van der Waals surface area contributed by atoms with Crippen LogP contribution in [0.1, 0.15) is 20.8 Å². The number of aliphatic hydroxyl groups is 2. The lowest BCUT2D eigenvalue weighted by atomic mass is 10.1. The van der Waals surface area contributed by atoms with Crippen molar-refractivity contribution in [1.82, 2.24) is 10.2 Å². The van der Waals surface area contributed by atoms with Crippen molar-refractivity contribution in [1.29, 1.82) is 0 Å². The Kier molecular flexibility index (Phi) is 5.37. The fraction of sp³-hybridized carbons (Fsp3) is 0.800. The van der Waals surface area contributed by atoms with Crippen LogP contribution in [0.25, 0.3) is 0 Å². The Bertz CT molecular complexity index is 285. The van der Waals surface area contributed by atoms with E-state index in [-0.39, 0.29) is 6.54 Å². The van der Waals surface area contributed by atoms with E-state index in [9.17, 15) is 19.8 Å². The fourth-order valence-electron chi connectivity index (χ4n) is 1.28. The maximum Gasteiger partial charge on any atom is 0.328 e. The highest BCUT2D eigenvalue weighted by atomic mass is 16.4. The van der Waals surface area contributed by atoms with E-state index in [0.717, 1.165) is 4.90 Å². The first-order valence-electron chi connectivity index (χ1n) is 5.19. The van der Waals surface area contributed by atoms with E-state index >= 15 is 0 Å². The third-order valence-electron chi connectivity index (χ3n) is 2.00. The van der Waals surface area contributed by atoms with Gasteiger partial charge in [0.2, 0.25) is 0 Å². The van der Waals surface area contributed by atoms with Crippen molar-refractivity contribution in [2.75, 3.05) is 13.6 Å². The number of carboxylic acid groups (broad SMARTS) is 1. The highest BCUT2D eigenvalue weighted by molar-refractivity contribution is 5.82. The number of carbonyl (C=O) groups is 2. The number of nitrogens with zero attached hydrogens (tertiary/aromatic N) is 1. The number of rotatable bonds is 5. The molecule has 100 valence electrons. The largest absolute Gasteiger partial charge is 0.480 e. The molecule has 0 radical (unpaired) electrons. The van der Waals surface area contributed by atoms with Gasteiger partial charge >= 0.3 is 12.0 Å². The molecular formula is C10H20N2O5. The molecule has 7 nitrogen and oxygen atoms in total. The molecule has 0 aliphatic rings. The summed E-state index contributed by atoms with van der Waals surface area (Å²) in [7, 11) is 1.42. The van der Waals surface area contributed by atoms with E-state index < -0.39 is 29.7 Å². The SMILES string of the molecule is C[C@@H](O)[C@H](NC(=O)N(C)CC(C)(C)O)C(=O)O. The lowest BCUT2D eigenvalue weighted by Gasteiger charge is -2.27. The molecule has 2 atom stereocenters. The van der Waals surface area contributed by atoms with Gasteiger partial charge in [-0.05, 0) is 20.8 Å². The van der Waals surface area contributed by atoms with Crippen molar-refractivity contribution < 1.29 is 24.9 Å². The zero-order valence-electron chi connectivity index (χ0n) is 10.5. The van der Waals surface area contributed by atoms with Gasteiger partial charge in [0.1, 0.15) is 0 Å². The number of hydrogen-bond acceptors (Lipinski definition) is 4. The molecule has 0 fully saturated rings. The molecule has 4 N–H and O–H groups in total. The van der Waals surface area contributed by atoms with Gasteiger partial charge in [-0.15, -0.1) is 0 Å². The molecule has 0 spiro atoms. The van der Waals surface area contributed by atoms with Crippen LogP contribution in [0.15, 0.2) is 0 Å². The lowest BCUT2D eigenvalue weighted by Crippen LogP contribution is -2.53. The Morgan fingerprint density at radius 3 is 2.18 bits per heavy atom. The Morgan fingerprint density at radius 1 is 1.41 bits per heavy atom. The quantitative estimate of drug-likeness (QED) is 0.511. The van der Waals surface area contributed by atoms with Crippen LogP contribution in [0.4, 0.5) is 4.79 Å². The molecule has 0 aromatic rings. The summed E-state index contributed by atoms with van der Waals surface area (Å²) in [5.74, 6) is -1.31. The summed E-state index contributed by atoms with van der Waals surface area (Å²) >= 11 is 0. The predicted molar refractivity (Wildman–Crippen MR) is 60.6 cm³/mol. The molecule has 0 aliphatic heterocycles. The maximum absolute atomic E-state index is 11.6. The Morgan fingerprint density at radius 2 is 1.88 bits per heavy atom. The molecule has 7 heteroatoms. The number of carbonyl (C=O) groups excluding carboxylic acids is 1. The summed E-state index contributed by atoms with van der Waals surface area (Å²) < 4.78 is 0. The first-order chi connectivity index (χ1) is 7.54. The van der Waals surface area contributed by atoms with Crippen LogP contribution < -0.4 is 5.32 Å². The van der Waals surface area contributed by atoms with Crippen LogP contribution in [0.2, 0.25) is 0 Å². The van der Waals surface area contributed by atoms with Gasteiger partial charge in [0.25, 0.3) is 0 Å². The maximum atomic E-state index is 11.6. The number of urea groups is 1. The standard InChI is InChI=1S/C10H20N2O5/c1-6(13)7(8(14)15)11-9(16)12(4)5-10(2,3)17/h6-7,13,17H,5H2,1-4H3,(H,11,16)(H,14,15)/t6-,7+/m1/s1. The first kappa shape index (κ1) is 15.7. The number of amides is 2. The van der Waals surface area contributed by atoms with Crippen molar-refractivity contribution in [3.63, 3.8) is 0 Å². The van der Waals surface area contributed by atoms with Gasteiger partial charge in [-0.1, -0.05) is 0 Å². The molecule has 0 aliphatic carbocycles. The van der Waals surface area contributed by atoms with Crippen LogP contribution >= 0.6 is 0 Å². The molecule has 0 saturated carbocycles. The number of aliphatic carboxylic acids is 1. The number of likely N-dealkylation sites (N-methyl/N-ethyl adjacent to an activating group) is 1. The Labute approximate surface area is 100 Å². The zero-order chi connectivity index (χ0) is 13.8. The van der Waals surface area contributed by atoms with Crippen LogP contribution in [0.5, 0.6) is 0 Å². The average molecular weight is 248 g/mol. The van der Waals surface area contributed by atoms with Crippen LogP contribution in [-0.4, -0.2) is 63.6 Å². The first-order valence-corrected chi connectivity index (χ1v) is 5.19. The fourth-order valence-corrected chi connectivity index (χ4v) is 1.28. The van der Waals surface area contributed by atoms with Crippen LogP contribution in [-0.2, 0) is 4.79 Å². The summed E-state index contributed by atoms with van der Waals surface area (Å²) in [4.78, 5) is 23.5. The van der Waals surface area contributed by atoms with Gasteiger partial charge in [0.15, 0.2) is 6.04 Å². The van der Waals surface area contributed by atoms with Crippen LogP contribution in [0.3, 0.4) is 0 Å². The van der Waals surface area contributed by atoms with Crippen molar-refractivity contribution in [2.45, 2.75) is 38.5 Å². The minimum atomic E-state index is -1.37. The van der Waals surface area contributed by atoms with Gasteiger partial charge in [-0.2, -0.15) is 0 Å². The van der Waals surface area contributed by atoms with E-state index in [0.29, 0.717) is 0 Å². The van der Waals surface area contributed by atoms with Gasteiger partial charge in [-0.25, -0.2) is 9.59 Å². The summed E-state index contributed by atoms with van der Waals surface area (Å²) in [5.41, 5.74) is -1.07. The second-order valence-corrected chi connectivity index (χ2v) is 4.67. The third kappa shape index (κ3) is 6.08. The molecule has 2 amide bonds. The Hall–Kier alpha value is -1.34. The summed E-state index contributed by atoms with van der Waals surface area (Å²) in [6, 6.07) is -2.04. The number of carboxylic acids is 1. The van der Waals surface area contributed by atoms with E-state index in [2.05, 4.69) is 5.32 Å². The van der Waals surface area contributed by atoms with Crippen LogP contribution in [0, 0.1) is 0 Å². The van der Waals surface area contributed by atoms with E-state index in [1.165, 1.54) is 27.8 Å². The minimum absolute atomic E-state index is 0.0466. The van der Waals surface area contributed by atoms with E-state index in [1.807, 2.05) is 0 Å². The minimum Gasteiger partial charge on any atom is -0.480 e. The molecular weight excluding hydrogens is 228 g/mol. The smallest absolute Gasteiger partial charge is 0.328 e. The van der Waals surface area contributed by atoms with E-state index in [1.54, 1.807) is 0 Å². The highest BCUT2D eigenvalue weighted by Gasteiger charge is 2.27. The highest BCUT2D eigenvalue weighted by Crippen LogP contribution is 2.04. The van der Waals surface area contributed by atoms with Crippen molar-refractivity contribution in [2.24, 2.45) is 0 Å². The number of aliphatic hydroxyl groups excluding tert-OH is 1. The third-order valence-corrected chi connectivity index (χ3v) is 2.00. The van der Waals surface area contributed by atoms with Gasteiger partial charge < -0.3 is 25.5 Å². The average Bonchev–Trinajstić information content (AvgIpc) is 2.09. The molecule has 0 bridgehead atoms. The van der Waals surface area contributed by atoms with E-state index in [4.69, 9.17) is 5.11 Å². The second-order valence-electron chi connectivity index (χ2n) is 4.67. The Balaban J connectivity index is 4.47. The molecule has 17 heavy (non-hydrogen) atoms. The number of nitrogens with one attached hydrogen (secondary N) is 1. The zero-order valence-corrected chi connectivity index (χ0v) is 10.5. The number of hydrogen-bond donors (Lipinski definition) is 4. The normalized spacial score (nSPS) is 14.9. The monoisotopic (exact) mass is 248 g/mol. The summed E-state index contributed by atoms with van der Waals surface area (Å²) in [6.07, 6.45) is -1.20. The van der Waals surface area contributed by atoms with Crippen molar-refractivity contribution in [3.8, 4) is 0 Å². The molecule has 0 saturated heterocycles. The van der Waals surface area contributed by atoms with Crippen molar-refractivity contribution >= 4 is 12.0 Å². The molecule has 0 heterocycles. The molecule has 0 aromatic heterocycles. The summed E-state index contributed by atoms with van der Waals surface area (Å²) in [6.45, 7) is 4.38. The summed E-state index contributed by atoms with van der Waals surface area (Å²) in [5, 5.41) is 29.6. The molecule has 0 aromatic carbocycles. The van der Waals surface area contributed by atoms with Gasteiger partial charge in [0, 0.05) is 7.05 Å².